The van der Waals surface area contributed by atoms with E-state index in [1.54, 1.807) is 48.2 Å². The quantitative estimate of drug-likeness (QED) is 0.461. The van der Waals surface area contributed by atoms with Crippen LogP contribution >= 0.6 is 23.4 Å². The Kier molecular flexibility index (Phi) is 8.08. The summed E-state index contributed by atoms with van der Waals surface area (Å²) in [6.45, 7) is -0.0116. The number of carbonyl (C=O) groups excluding carboxylic acids is 1. The van der Waals surface area contributed by atoms with Crippen molar-refractivity contribution in [3.63, 3.8) is 0 Å². The zero-order chi connectivity index (χ0) is 23.1. The third-order valence-corrected chi connectivity index (χ3v) is 5.90. The van der Waals surface area contributed by atoms with Gasteiger partial charge in [-0.15, -0.1) is 11.8 Å². The molecule has 32 heavy (non-hydrogen) atoms. The van der Waals surface area contributed by atoms with Gasteiger partial charge in [0.1, 0.15) is 18.0 Å². The molecule has 0 fully saturated rings. The number of benzene rings is 2. The summed E-state index contributed by atoms with van der Waals surface area (Å²) in [4.78, 5) is 26.1. The number of hydrogen-bond donors (Lipinski definition) is 1. The zero-order valence-electron chi connectivity index (χ0n) is 17.9. The molecule has 1 N–H and O–H groups in total. The second-order valence-corrected chi connectivity index (χ2v) is 8.17. The maximum absolute atomic E-state index is 12.8. The SMILES string of the molecule is COc1ccc(NC(=O)Cn2cc(OC)c(=O)cc2CSc2ccc(Cl)cc2)c(OC)c1. The maximum atomic E-state index is 12.8. The molecule has 0 saturated heterocycles. The highest BCUT2D eigenvalue weighted by molar-refractivity contribution is 7.98. The first-order valence-corrected chi connectivity index (χ1v) is 11.0. The number of hydrogen-bond acceptors (Lipinski definition) is 6. The van der Waals surface area contributed by atoms with Gasteiger partial charge in [0.15, 0.2) is 5.75 Å². The van der Waals surface area contributed by atoms with E-state index in [1.807, 2.05) is 12.1 Å². The van der Waals surface area contributed by atoms with Crippen molar-refractivity contribution in [3.8, 4) is 17.2 Å². The molecule has 0 spiro atoms. The fraction of sp³-hybridized carbons (Fsp3) is 0.217. The molecular formula is C23H23ClN2O5S. The summed E-state index contributed by atoms with van der Waals surface area (Å²) in [7, 11) is 4.49. The van der Waals surface area contributed by atoms with Crippen LogP contribution < -0.4 is 25.0 Å². The van der Waals surface area contributed by atoms with Gasteiger partial charge in [0.05, 0.1) is 33.2 Å². The van der Waals surface area contributed by atoms with E-state index in [1.165, 1.54) is 32.0 Å². The van der Waals surface area contributed by atoms with Gasteiger partial charge in [-0.05, 0) is 36.4 Å². The molecular weight excluding hydrogens is 452 g/mol. The van der Waals surface area contributed by atoms with E-state index in [-0.39, 0.29) is 23.6 Å². The summed E-state index contributed by atoms with van der Waals surface area (Å²) >= 11 is 7.48. The summed E-state index contributed by atoms with van der Waals surface area (Å²) in [5.74, 6) is 1.47. The van der Waals surface area contributed by atoms with Crippen molar-refractivity contribution in [2.24, 2.45) is 0 Å². The highest BCUT2D eigenvalue weighted by Crippen LogP contribution is 2.29. The number of amides is 1. The summed E-state index contributed by atoms with van der Waals surface area (Å²) in [6.07, 6.45) is 1.55. The molecule has 3 aromatic rings. The predicted molar refractivity (Wildman–Crippen MR) is 126 cm³/mol. The Balaban J connectivity index is 1.80. The van der Waals surface area contributed by atoms with Crippen molar-refractivity contribution in [2.75, 3.05) is 26.6 Å². The first-order chi connectivity index (χ1) is 15.4. The molecule has 0 bridgehead atoms. The Bertz CT molecular complexity index is 1150. The number of rotatable bonds is 9. The van der Waals surface area contributed by atoms with E-state index in [0.29, 0.717) is 33.7 Å². The van der Waals surface area contributed by atoms with Crippen molar-refractivity contribution in [3.05, 3.63) is 75.7 Å². The normalized spacial score (nSPS) is 10.5. The van der Waals surface area contributed by atoms with Gasteiger partial charge in [-0.2, -0.15) is 0 Å². The van der Waals surface area contributed by atoms with Gasteiger partial charge in [-0.1, -0.05) is 11.6 Å². The minimum absolute atomic E-state index is 0.0116. The smallest absolute Gasteiger partial charge is 0.244 e. The molecule has 7 nitrogen and oxygen atoms in total. The third kappa shape index (κ3) is 5.99. The number of halogens is 1. The molecule has 9 heteroatoms. The fourth-order valence-corrected chi connectivity index (χ4v) is 3.97. The Morgan fingerprint density at radius 2 is 1.72 bits per heavy atom. The lowest BCUT2D eigenvalue weighted by molar-refractivity contribution is -0.116. The number of nitrogens with one attached hydrogen (secondary N) is 1. The summed E-state index contributed by atoms with van der Waals surface area (Å²) < 4.78 is 17.4. The van der Waals surface area contributed by atoms with E-state index < -0.39 is 0 Å². The summed E-state index contributed by atoms with van der Waals surface area (Å²) in [5, 5.41) is 3.49. The Morgan fingerprint density at radius 3 is 2.38 bits per heavy atom. The Hall–Kier alpha value is -3.10. The number of thioether (sulfide) groups is 1. The molecule has 1 heterocycles. The largest absolute Gasteiger partial charge is 0.497 e. The third-order valence-electron chi connectivity index (χ3n) is 4.60. The zero-order valence-corrected chi connectivity index (χ0v) is 19.5. The van der Waals surface area contributed by atoms with E-state index in [9.17, 15) is 9.59 Å². The molecule has 2 aromatic carbocycles. The van der Waals surface area contributed by atoms with Crippen LogP contribution in [0.3, 0.4) is 0 Å². The highest BCUT2D eigenvalue weighted by atomic mass is 35.5. The second kappa shape index (κ2) is 11.0. The monoisotopic (exact) mass is 474 g/mol. The van der Waals surface area contributed by atoms with Gasteiger partial charge in [-0.3, -0.25) is 9.59 Å². The van der Waals surface area contributed by atoms with Crippen LogP contribution in [0.4, 0.5) is 5.69 Å². The van der Waals surface area contributed by atoms with Crippen LogP contribution in [-0.2, 0) is 17.1 Å². The van der Waals surface area contributed by atoms with Crippen molar-refractivity contribution in [2.45, 2.75) is 17.2 Å². The predicted octanol–water partition coefficient (Wildman–Crippen LogP) is 4.46. The molecule has 0 aliphatic heterocycles. The summed E-state index contributed by atoms with van der Waals surface area (Å²) in [6, 6.07) is 14.0. The topological polar surface area (TPSA) is 78.8 Å². The van der Waals surface area contributed by atoms with Crippen LogP contribution in [0.5, 0.6) is 17.2 Å². The van der Waals surface area contributed by atoms with E-state index >= 15 is 0 Å². The number of carbonyl (C=O) groups is 1. The molecule has 0 atom stereocenters. The number of nitrogens with zero attached hydrogens (tertiary/aromatic N) is 1. The Morgan fingerprint density at radius 1 is 1.00 bits per heavy atom. The van der Waals surface area contributed by atoms with Gasteiger partial charge < -0.3 is 24.1 Å². The molecule has 1 amide bonds. The fourth-order valence-electron chi connectivity index (χ4n) is 2.95. The lowest BCUT2D eigenvalue weighted by atomic mass is 10.2. The van der Waals surface area contributed by atoms with Crippen LogP contribution in [0.2, 0.25) is 5.02 Å². The number of methoxy groups -OCH3 is 3. The van der Waals surface area contributed by atoms with Crippen molar-refractivity contribution < 1.29 is 19.0 Å². The van der Waals surface area contributed by atoms with Crippen molar-refractivity contribution >= 4 is 35.0 Å². The number of pyridine rings is 1. The lowest BCUT2D eigenvalue weighted by Gasteiger charge is -2.16. The van der Waals surface area contributed by atoms with E-state index in [0.717, 1.165) is 4.90 Å². The molecule has 0 aliphatic carbocycles. The highest BCUT2D eigenvalue weighted by Gasteiger charge is 2.13. The van der Waals surface area contributed by atoms with Crippen molar-refractivity contribution in [1.82, 2.24) is 4.57 Å². The molecule has 168 valence electrons. The van der Waals surface area contributed by atoms with E-state index in [4.69, 9.17) is 25.8 Å². The Labute approximate surface area is 195 Å². The molecule has 0 saturated carbocycles. The first kappa shape index (κ1) is 23.6. The molecule has 0 aliphatic rings. The van der Waals surface area contributed by atoms with Gasteiger partial charge in [-0.25, -0.2) is 0 Å². The average molecular weight is 475 g/mol. The molecule has 0 unspecified atom stereocenters. The van der Waals surface area contributed by atoms with Crippen LogP contribution in [0.25, 0.3) is 0 Å². The van der Waals surface area contributed by atoms with E-state index in [2.05, 4.69) is 5.32 Å². The minimum atomic E-state index is -0.281. The van der Waals surface area contributed by atoms with Crippen LogP contribution in [0.1, 0.15) is 5.69 Å². The van der Waals surface area contributed by atoms with Crippen LogP contribution in [0.15, 0.2) is 64.4 Å². The van der Waals surface area contributed by atoms with Crippen LogP contribution in [-0.4, -0.2) is 31.8 Å². The average Bonchev–Trinajstić information content (AvgIpc) is 2.80. The second-order valence-electron chi connectivity index (χ2n) is 6.68. The molecule has 1 aromatic heterocycles. The van der Waals surface area contributed by atoms with Gasteiger partial charge in [0, 0.05) is 33.5 Å². The summed E-state index contributed by atoms with van der Waals surface area (Å²) in [5.41, 5.74) is 0.962. The lowest BCUT2D eigenvalue weighted by Crippen LogP contribution is -2.23. The standard InChI is InChI=1S/C23H23ClN2O5S/c1-29-17-6-9-19(21(11-17)30-2)25-23(28)13-26-12-22(31-3)20(27)10-16(26)14-32-18-7-4-15(24)5-8-18/h4-12H,13-14H2,1-3H3,(H,25,28). The van der Waals surface area contributed by atoms with Gasteiger partial charge in [0.25, 0.3) is 0 Å². The molecule has 3 rings (SSSR count). The minimum Gasteiger partial charge on any atom is -0.497 e. The number of ether oxygens (including phenoxy) is 3. The number of anilines is 1. The number of aromatic nitrogens is 1. The van der Waals surface area contributed by atoms with Gasteiger partial charge in [0.2, 0.25) is 11.3 Å². The molecule has 0 radical (unpaired) electrons. The maximum Gasteiger partial charge on any atom is 0.244 e. The first-order valence-electron chi connectivity index (χ1n) is 9.61. The van der Waals surface area contributed by atoms with Crippen molar-refractivity contribution in [1.29, 1.82) is 0 Å². The van der Waals surface area contributed by atoms with Crippen LogP contribution in [0, 0.1) is 0 Å². The van der Waals surface area contributed by atoms with Gasteiger partial charge >= 0.3 is 0 Å².